The van der Waals surface area contributed by atoms with Crippen LogP contribution in [0.3, 0.4) is 0 Å². The minimum Gasteiger partial charge on any atom is -0.441 e. The molecule has 1 amide bonds. The van der Waals surface area contributed by atoms with Gasteiger partial charge in [0.1, 0.15) is 17.7 Å². The highest BCUT2D eigenvalue weighted by Crippen LogP contribution is 2.28. The molecule has 1 saturated heterocycles. The number of hydrogen-bond acceptors (Lipinski definition) is 6. The number of imidazole rings is 1. The molecule has 10 heteroatoms. The molecule has 1 fully saturated rings. The maximum Gasteiger partial charge on any atom is 0.414 e. The molecule has 1 aromatic heterocycles. The highest BCUT2D eigenvalue weighted by Gasteiger charge is 2.32. The van der Waals surface area contributed by atoms with Gasteiger partial charge in [-0.2, -0.15) is 0 Å². The zero-order valence-electron chi connectivity index (χ0n) is 21.3. The quantitative estimate of drug-likeness (QED) is 0.585. The molecule has 2 heterocycles. The Hall–Kier alpha value is -2.27. The Kier molecular flexibility index (Phi) is 9.03. The predicted molar refractivity (Wildman–Crippen MR) is 131 cm³/mol. The SMILES string of the molecule is CC(C)(C)O.C[Si](C)OCc1nc(C(C)(C)C)cn1-c1ccc(N2C[C@H](CO)OC2=O)cc1F. The van der Waals surface area contributed by atoms with Gasteiger partial charge in [0, 0.05) is 11.6 Å². The molecule has 2 aromatic rings. The maximum absolute atomic E-state index is 15.1. The minimum absolute atomic E-state index is 0.185. The van der Waals surface area contributed by atoms with E-state index in [1.54, 1.807) is 37.5 Å². The van der Waals surface area contributed by atoms with Crippen molar-refractivity contribution in [3.63, 3.8) is 0 Å². The number of anilines is 1. The lowest BCUT2D eigenvalue weighted by atomic mass is 9.93. The molecule has 1 aliphatic heterocycles. The van der Waals surface area contributed by atoms with Crippen molar-refractivity contribution in [1.82, 2.24) is 9.55 Å². The predicted octanol–water partition coefficient (Wildman–Crippen LogP) is 4.17. The largest absolute Gasteiger partial charge is 0.441 e. The number of halogens is 1. The fourth-order valence-corrected chi connectivity index (χ4v) is 3.40. The van der Waals surface area contributed by atoms with E-state index in [9.17, 15) is 9.90 Å². The Bertz CT molecular complexity index is 976. The summed E-state index contributed by atoms with van der Waals surface area (Å²) in [5, 5.41) is 17.7. The number of aromatic nitrogens is 2. The van der Waals surface area contributed by atoms with Crippen LogP contribution in [0.1, 0.15) is 53.1 Å². The lowest BCUT2D eigenvalue weighted by Crippen LogP contribution is -2.25. The summed E-state index contributed by atoms with van der Waals surface area (Å²) in [5.74, 6) is 0.147. The normalized spacial score (nSPS) is 16.5. The van der Waals surface area contributed by atoms with Gasteiger partial charge in [0.25, 0.3) is 0 Å². The lowest BCUT2D eigenvalue weighted by Gasteiger charge is -2.16. The van der Waals surface area contributed by atoms with Crippen LogP contribution in [0.2, 0.25) is 13.1 Å². The molecule has 0 bridgehead atoms. The number of carbonyl (C=O) groups excluding carboxylic acids is 1. The van der Waals surface area contributed by atoms with Crippen LogP contribution in [0.5, 0.6) is 0 Å². The van der Waals surface area contributed by atoms with Gasteiger partial charge < -0.3 is 19.4 Å². The van der Waals surface area contributed by atoms with Crippen LogP contribution in [-0.2, 0) is 21.2 Å². The molecular formula is C24H37FN3O5Si. The monoisotopic (exact) mass is 494 g/mol. The molecule has 34 heavy (non-hydrogen) atoms. The highest BCUT2D eigenvalue weighted by atomic mass is 28.3. The fraction of sp³-hybridized carbons (Fsp3) is 0.583. The third-order valence-electron chi connectivity index (χ3n) is 4.62. The van der Waals surface area contributed by atoms with Crippen molar-refractivity contribution < 1.29 is 28.6 Å². The van der Waals surface area contributed by atoms with E-state index in [1.807, 2.05) is 19.3 Å². The summed E-state index contributed by atoms with van der Waals surface area (Å²) >= 11 is 0. The van der Waals surface area contributed by atoms with E-state index in [-0.39, 0.29) is 18.6 Å². The summed E-state index contributed by atoms with van der Waals surface area (Å²) in [6.07, 6.45) is 0.639. The van der Waals surface area contributed by atoms with E-state index in [0.717, 1.165) is 5.69 Å². The van der Waals surface area contributed by atoms with Gasteiger partial charge in [-0.15, -0.1) is 0 Å². The fourth-order valence-electron chi connectivity index (χ4n) is 2.99. The van der Waals surface area contributed by atoms with Crippen molar-refractivity contribution in [2.45, 2.75) is 78.4 Å². The molecule has 1 aromatic carbocycles. The van der Waals surface area contributed by atoms with E-state index in [4.69, 9.17) is 14.3 Å². The summed E-state index contributed by atoms with van der Waals surface area (Å²) in [6, 6.07) is 4.58. The zero-order valence-corrected chi connectivity index (χ0v) is 22.3. The average molecular weight is 495 g/mol. The van der Waals surface area contributed by atoms with Crippen LogP contribution in [0.15, 0.2) is 24.4 Å². The molecule has 1 aliphatic rings. The number of hydrogen-bond donors (Lipinski definition) is 2. The highest BCUT2D eigenvalue weighted by molar-refractivity contribution is 6.48. The Balaban J connectivity index is 0.000000739. The van der Waals surface area contributed by atoms with E-state index >= 15 is 4.39 Å². The Morgan fingerprint density at radius 3 is 2.32 bits per heavy atom. The van der Waals surface area contributed by atoms with Gasteiger partial charge >= 0.3 is 6.09 Å². The number of cyclic esters (lactones) is 1. The number of rotatable bonds is 6. The third kappa shape index (κ3) is 7.90. The van der Waals surface area contributed by atoms with Crippen molar-refractivity contribution in [2.75, 3.05) is 18.1 Å². The maximum atomic E-state index is 15.1. The van der Waals surface area contributed by atoms with Gasteiger partial charge in [0.05, 0.1) is 42.4 Å². The summed E-state index contributed by atoms with van der Waals surface area (Å²) in [5.41, 5.74) is 0.868. The van der Waals surface area contributed by atoms with Crippen LogP contribution in [0.4, 0.5) is 14.9 Å². The second-order valence-corrected chi connectivity index (χ2v) is 12.6. The number of carbonyl (C=O) groups is 1. The first-order valence-corrected chi connectivity index (χ1v) is 13.6. The van der Waals surface area contributed by atoms with Gasteiger partial charge in [0.15, 0.2) is 0 Å². The summed E-state index contributed by atoms with van der Waals surface area (Å²) in [6.45, 7) is 15.7. The average Bonchev–Trinajstić information content (AvgIpc) is 3.28. The lowest BCUT2D eigenvalue weighted by molar-refractivity contribution is 0.0963. The van der Waals surface area contributed by atoms with Crippen LogP contribution >= 0.6 is 0 Å². The number of aliphatic hydroxyl groups excluding tert-OH is 1. The topological polar surface area (TPSA) is 97.1 Å². The Morgan fingerprint density at radius 1 is 1.24 bits per heavy atom. The second-order valence-electron chi connectivity index (χ2n) is 10.5. The molecule has 0 saturated carbocycles. The van der Waals surface area contributed by atoms with Crippen LogP contribution in [0.25, 0.3) is 5.69 Å². The standard InChI is InChI=1S/C20H27FN3O4Si.C4H10O/c1-20(2,3)17-10-24(18(22-17)12-27-29(4)5)16-7-6-13(8-15(16)21)23-9-14(11-25)28-19(23)26;1-4(2,3)5/h6-8,10,14,25H,9,11-12H2,1-5H3;5H,1-3H3/t14-;/m1./s1. The van der Waals surface area contributed by atoms with Gasteiger partial charge in [-0.05, 0) is 52.1 Å². The first kappa shape index (κ1) is 28.0. The van der Waals surface area contributed by atoms with Crippen molar-refractivity contribution in [3.05, 3.63) is 41.7 Å². The second kappa shape index (κ2) is 11.0. The van der Waals surface area contributed by atoms with Crippen molar-refractivity contribution in [3.8, 4) is 5.69 Å². The summed E-state index contributed by atoms with van der Waals surface area (Å²) in [7, 11) is -0.923. The minimum atomic E-state index is -0.923. The number of benzene rings is 1. The van der Waals surface area contributed by atoms with Gasteiger partial charge in [0.2, 0.25) is 9.04 Å². The number of aliphatic hydroxyl groups is 2. The molecule has 1 atom stereocenters. The van der Waals surface area contributed by atoms with Crippen LogP contribution < -0.4 is 4.90 Å². The van der Waals surface area contributed by atoms with E-state index < -0.39 is 32.7 Å². The van der Waals surface area contributed by atoms with Gasteiger partial charge in [-0.1, -0.05) is 20.8 Å². The molecule has 2 N–H and O–H groups in total. The van der Waals surface area contributed by atoms with Crippen molar-refractivity contribution in [2.24, 2.45) is 0 Å². The molecule has 189 valence electrons. The van der Waals surface area contributed by atoms with Crippen LogP contribution in [0, 0.1) is 5.82 Å². The van der Waals surface area contributed by atoms with Crippen molar-refractivity contribution >= 4 is 20.8 Å². The Labute approximate surface area is 203 Å². The zero-order chi connectivity index (χ0) is 25.8. The first-order valence-electron chi connectivity index (χ1n) is 11.2. The van der Waals surface area contributed by atoms with E-state index in [2.05, 4.69) is 25.8 Å². The summed E-state index contributed by atoms with van der Waals surface area (Å²) < 4.78 is 27.6. The van der Waals surface area contributed by atoms with E-state index in [0.29, 0.717) is 23.8 Å². The number of ether oxygens (including phenoxy) is 1. The van der Waals surface area contributed by atoms with Gasteiger partial charge in [-0.3, -0.25) is 9.47 Å². The molecule has 3 rings (SSSR count). The Morgan fingerprint density at radius 2 is 1.85 bits per heavy atom. The van der Waals surface area contributed by atoms with Gasteiger partial charge in [-0.25, -0.2) is 14.2 Å². The molecule has 0 spiro atoms. The third-order valence-corrected chi connectivity index (χ3v) is 5.34. The number of amides is 1. The molecular weight excluding hydrogens is 457 g/mol. The molecule has 0 aliphatic carbocycles. The molecule has 8 nitrogen and oxygen atoms in total. The molecule has 0 unspecified atom stereocenters. The number of nitrogens with zero attached hydrogens (tertiary/aromatic N) is 3. The van der Waals surface area contributed by atoms with Crippen molar-refractivity contribution in [1.29, 1.82) is 0 Å². The van der Waals surface area contributed by atoms with Crippen LogP contribution in [-0.4, -0.2) is 59.8 Å². The smallest absolute Gasteiger partial charge is 0.414 e. The molecule has 1 radical (unpaired) electrons. The van der Waals surface area contributed by atoms with E-state index in [1.165, 1.54) is 11.0 Å². The first-order chi connectivity index (χ1) is 15.6. The summed E-state index contributed by atoms with van der Waals surface area (Å²) in [4.78, 5) is 18.0.